The number of nitrogens with one attached hydrogen (secondary N) is 2. The minimum atomic E-state index is -0.249. The van der Waals surface area contributed by atoms with Crippen LogP contribution in [0.5, 0.6) is 0 Å². The Morgan fingerprint density at radius 1 is 0.909 bits per heavy atom. The molecule has 1 aliphatic heterocycles. The molecule has 5 fully saturated rings. The lowest BCUT2D eigenvalue weighted by Crippen LogP contribution is -2.48. The van der Waals surface area contributed by atoms with E-state index in [1.165, 1.54) is 38.5 Å². The van der Waals surface area contributed by atoms with Crippen molar-refractivity contribution in [3.8, 4) is 0 Å². The number of rotatable bonds is 6. The molecule has 174 valence electrons. The van der Waals surface area contributed by atoms with Crippen molar-refractivity contribution in [2.24, 2.45) is 17.8 Å². The molecule has 2 aromatic rings. The molecular formula is C27H32N2O4. The normalized spacial score (nSPS) is 32.1. The summed E-state index contributed by atoms with van der Waals surface area (Å²) in [7, 11) is 0. The van der Waals surface area contributed by atoms with Gasteiger partial charge in [0.2, 0.25) is 0 Å². The van der Waals surface area contributed by atoms with Gasteiger partial charge in [0.15, 0.2) is 5.76 Å². The van der Waals surface area contributed by atoms with Crippen molar-refractivity contribution in [1.82, 2.24) is 5.32 Å². The molecule has 4 aliphatic carbocycles. The van der Waals surface area contributed by atoms with Crippen LogP contribution < -0.4 is 10.6 Å². The van der Waals surface area contributed by atoms with Crippen LogP contribution in [0.2, 0.25) is 0 Å². The van der Waals surface area contributed by atoms with Crippen molar-refractivity contribution in [1.29, 1.82) is 0 Å². The molecule has 4 bridgehead atoms. The fraction of sp³-hybridized carbons (Fsp3) is 0.556. The van der Waals surface area contributed by atoms with Crippen molar-refractivity contribution < 1.29 is 18.7 Å². The van der Waals surface area contributed by atoms with Gasteiger partial charge >= 0.3 is 0 Å². The first-order chi connectivity index (χ1) is 16.1. The topological polar surface area (TPSA) is 80.6 Å². The van der Waals surface area contributed by atoms with Crippen LogP contribution in [0.25, 0.3) is 0 Å². The lowest BCUT2D eigenvalue weighted by atomic mass is 9.49. The van der Waals surface area contributed by atoms with E-state index in [0.29, 0.717) is 23.6 Å². The second-order valence-electron chi connectivity index (χ2n) is 10.7. The summed E-state index contributed by atoms with van der Waals surface area (Å²) in [5, 5.41) is 5.82. The predicted molar refractivity (Wildman–Crippen MR) is 124 cm³/mol. The van der Waals surface area contributed by atoms with Gasteiger partial charge in [-0.05, 0) is 106 Å². The second kappa shape index (κ2) is 8.32. The van der Waals surface area contributed by atoms with Crippen LogP contribution in [0.3, 0.4) is 0 Å². The summed E-state index contributed by atoms with van der Waals surface area (Å²) in [5.41, 5.74) is 1.35. The van der Waals surface area contributed by atoms with E-state index in [-0.39, 0.29) is 23.3 Å². The van der Waals surface area contributed by atoms with E-state index in [0.717, 1.165) is 43.0 Å². The van der Waals surface area contributed by atoms with Crippen LogP contribution in [0.15, 0.2) is 40.8 Å². The molecule has 1 unspecified atom stereocenters. The summed E-state index contributed by atoms with van der Waals surface area (Å²) in [4.78, 5) is 25.2. The average Bonchev–Trinajstić information content (AvgIpc) is 3.50. The molecule has 6 nitrogen and oxygen atoms in total. The van der Waals surface area contributed by atoms with Gasteiger partial charge in [-0.3, -0.25) is 9.59 Å². The molecule has 5 aliphatic rings. The average molecular weight is 449 g/mol. The monoisotopic (exact) mass is 448 g/mol. The smallest absolute Gasteiger partial charge is 0.291 e. The summed E-state index contributed by atoms with van der Waals surface area (Å²) >= 11 is 0. The summed E-state index contributed by atoms with van der Waals surface area (Å²) in [5.74, 6) is 3.49. The molecule has 4 saturated carbocycles. The van der Waals surface area contributed by atoms with Gasteiger partial charge < -0.3 is 19.8 Å². The maximum absolute atomic E-state index is 12.8. The van der Waals surface area contributed by atoms with Gasteiger partial charge in [-0.1, -0.05) is 0 Å². The van der Waals surface area contributed by atoms with Gasteiger partial charge in [0.25, 0.3) is 11.8 Å². The Morgan fingerprint density at radius 3 is 2.24 bits per heavy atom. The van der Waals surface area contributed by atoms with Crippen molar-refractivity contribution in [3.05, 3.63) is 53.5 Å². The van der Waals surface area contributed by atoms with Crippen LogP contribution >= 0.6 is 0 Å². The molecule has 2 amide bonds. The summed E-state index contributed by atoms with van der Waals surface area (Å²) in [6.45, 7) is 1.30. The molecule has 2 heterocycles. The molecule has 1 atom stereocenters. The quantitative estimate of drug-likeness (QED) is 0.658. The van der Waals surface area contributed by atoms with Gasteiger partial charge in [-0.15, -0.1) is 0 Å². The Labute approximate surface area is 194 Å². The largest absolute Gasteiger partial charge is 0.455 e. The third-order valence-corrected chi connectivity index (χ3v) is 8.31. The SMILES string of the molecule is O=C(NCC1CCCO1)c1ccc(NC(=O)c2ccc(C34CC5CC(CC(C5)C3)C4)o2)cc1. The van der Waals surface area contributed by atoms with E-state index < -0.39 is 0 Å². The Morgan fingerprint density at radius 2 is 1.61 bits per heavy atom. The van der Waals surface area contributed by atoms with Crippen LogP contribution in [-0.2, 0) is 10.2 Å². The minimum absolute atomic E-state index is 0.115. The molecule has 0 spiro atoms. The van der Waals surface area contributed by atoms with Crippen LogP contribution in [-0.4, -0.2) is 31.1 Å². The fourth-order valence-corrected chi connectivity index (χ4v) is 7.17. The Bertz CT molecular complexity index is 999. The first-order valence-corrected chi connectivity index (χ1v) is 12.5. The van der Waals surface area contributed by atoms with Crippen LogP contribution in [0, 0.1) is 17.8 Å². The Balaban J connectivity index is 1.08. The van der Waals surface area contributed by atoms with Gasteiger partial charge in [0.05, 0.1) is 6.10 Å². The highest BCUT2D eigenvalue weighted by molar-refractivity contribution is 6.02. The number of ether oxygens (including phenoxy) is 1. The van der Waals surface area contributed by atoms with E-state index in [1.807, 2.05) is 12.1 Å². The molecule has 1 aromatic heterocycles. The van der Waals surface area contributed by atoms with E-state index in [1.54, 1.807) is 24.3 Å². The zero-order chi connectivity index (χ0) is 22.4. The highest BCUT2D eigenvalue weighted by Crippen LogP contribution is 2.60. The molecular weight excluding hydrogens is 416 g/mol. The third-order valence-electron chi connectivity index (χ3n) is 8.31. The van der Waals surface area contributed by atoms with Crippen molar-refractivity contribution in [2.75, 3.05) is 18.5 Å². The van der Waals surface area contributed by atoms with Crippen molar-refractivity contribution in [3.63, 3.8) is 0 Å². The standard InChI is InChI=1S/C27H32N2O4/c30-25(28-16-22-2-1-9-32-22)20-3-5-21(6-4-20)29-26(31)23-7-8-24(33-23)27-13-17-10-18(14-27)12-19(11-17)15-27/h3-8,17-19,22H,1-2,9-16H2,(H,28,30)(H,29,31). The van der Waals surface area contributed by atoms with E-state index in [2.05, 4.69) is 10.6 Å². The number of carbonyl (C=O) groups is 2. The molecule has 1 saturated heterocycles. The van der Waals surface area contributed by atoms with E-state index in [4.69, 9.17) is 9.15 Å². The van der Waals surface area contributed by atoms with Gasteiger partial charge in [-0.2, -0.15) is 0 Å². The van der Waals surface area contributed by atoms with Gasteiger partial charge in [0, 0.05) is 29.8 Å². The molecule has 7 rings (SSSR count). The number of furan rings is 1. The maximum Gasteiger partial charge on any atom is 0.291 e. The van der Waals surface area contributed by atoms with E-state index in [9.17, 15) is 9.59 Å². The number of hydrogen-bond acceptors (Lipinski definition) is 4. The number of benzene rings is 1. The van der Waals surface area contributed by atoms with Crippen LogP contribution in [0.1, 0.15) is 78.0 Å². The molecule has 0 radical (unpaired) electrons. The lowest BCUT2D eigenvalue weighted by molar-refractivity contribution is -0.0154. The summed E-state index contributed by atoms with van der Waals surface area (Å²) < 4.78 is 11.7. The fourth-order valence-electron chi connectivity index (χ4n) is 7.17. The number of amides is 2. The zero-order valence-electron chi connectivity index (χ0n) is 19.0. The Kier molecular flexibility index (Phi) is 5.28. The predicted octanol–water partition coefficient (Wildman–Crippen LogP) is 4.91. The van der Waals surface area contributed by atoms with Crippen LogP contribution in [0.4, 0.5) is 5.69 Å². The van der Waals surface area contributed by atoms with E-state index >= 15 is 0 Å². The summed E-state index contributed by atoms with van der Waals surface area (Å²) in [6.07, 6.45) is 9.94. The molecule has 33 heavy (non-hydrogen) atoms. The lowest BCUT2D eigenvalue weighted by Gasteiger charge is -2.55. The first-order valence-electron chi connectivity index (χ1n) is 12.5. The Hall–Kier alpha value is -2.60. The third kappa shape index (κ3) is 4.10. The number of hydrogen-bond donors (Lipinski definition) is 2. The highest BCUT2D eigenvalue weighted by atomic mass is 16.5. The van der Waals surface area contributed by atoms with Crippen molar-refractivity contribution >= 4 is 17.5 Å². The minimum Gasteiger partial charge on any atom is -0.455 e. The second-order valence-corrected chi connectivity index (χ2v) is 10.7. The van der Waals surface area contributed by atoms with Gasteiger partial charge in [0.1, 0.15) is 5.76 Å². The molecule has 6 heteroatoms. The number of anilines is 1. The van der Waals surface area contributed by atoms with Crippen molar-refractivity contribution in [2.45, 2.75) is 62.9 Å². The maximum atomic E-state index is 12.8. The highest BCUT2D eigenvalue weighted by Gasteiger charge is 2.53. The molecule has 2 N–H and O–H groups in total. The first kappa shape index (κ1) is 21.0. The summed E-state index contributed by atoms with van der Waals surface area (Å²) in [6, 6.07) is 10.8. The van der Waals surface area contributed by atoms with Gasteiger partial charge in [-0.25, -0.2) is 0 Å². The number of carbonyl (C=O) groups excluding carboxylic acids is 2. The zero-order valence-corrected chi connectivity index (χ0v) is 19.0. The molecule has 1 aromatic carbocycles.